The zero-order valence-corrected chi connectivity index (χ0v) is 11.0. The predicted octanol–water partition coefficient (Wildman–Crippen LogP) is 5.28. The van der Waals surface area contributed by atoms with E-state index in [0.717, 1.165) is 17.8 Å². The fourth-order valence-electron chi connectivity index (χ4n) is 2.51. The quantitative estimate of drug-likeness (QED) is 0.498. The van der Waals surface area contributed by atoms with Crippen molar-refractivity contribution in [2.24, 2.45) is 17.8 Å². The summed E-state index contributed by atoms with van der Waals surface area (Å²) in [6.07, 6.45) is 8.36. The molecule has 0 amide bonds. The number of hydrogen-bond acceptors (Lipinski definition) is 0. The maximum atomic E-state index is 2.44. The lowest BCUT2D eigenvalue weighted by Crippen LogP contribution is -2.11. The minimum absolute atomic E-state index is 0.935. The lowest BCUT2D eigenvalue weighted by atomic mass is 9.84. The van der Waals surface area contributed by atoms with Crippen molar-refractivity contribution in [1.29, 1.82) is 0 Å². The van der Waals surface area contributed by atoms with Crippen molar-refractivity contribution in [1.82, 2.24) is 0 Å². The molecule has 0 aliphatic rings. The van der Waals surface area contributed by atoms with Crippen LogP contribution in [0.15, 0.2) is 0 Å². The van der Waals surface area contributed by atoms with E-state index in [1.54, 1.807) is 0 Å². The number of hydrogen-bond donors (Lipinski definition) is 0. The van der Waals surface area contributed by atoms with Gasteiger partial charge in [-0.2, -0.15) is 0 Å². The van der Waals surface area contributed by atoms with Gasteiger partial charge < -0.3 is 0 Å². The molecule has 0 aliphatic heterocycles. The van der Waals surface area contributed by atoms with Gasteiger partial charge in [-0.05, 0) is 17.8 Å². The van der Waals surface area contributed by atoms with Gasteiger partial charge in [0.2, 0.25) is 0 Å². The summed E-state index contributed by atoms with van der Waals surface area (Å²) in [7, 11) is 0. The third kappa shape index (κ3) is 5.67. The Labute approximate surface area is 91.5 Å². The zero-order chi connectivity index (χ0) is 11.0. The third-order valence-corrected chi connectivity index (χ3v) is 3.75. The topological polar surface area (TPSA) is 0 Å². The van der Waals surface area contributed by atoms with Crippen molar-refractivity contribution in [3.63, 3.8) is 0 Å². The predicted molar refractivity (Wildman–Crippen MR) is 66.5 cm³/mol. The van der Waals surface area contributed by atoms with Gasteiger partial charge in [-0.3, -0.25) is 0 Å². The summed E-state index contributed by atoms with van der Waals surface area (Å²) >= 11 is 0. The van der Waals surface area contributed by atoms with E-state index < -0.39 is 0 Å². The van der Waals surface area contributed by atoms with Crippen molar-refractivity contribution in [3.05, 3.63) is 0 Å². The first-order valence-electron chi connectivity index (χ1n) is 6.65. The van der Waals surface area contributed by atoms with Crippen molar-refractivity contribution in [2.75, 3.05) is 0 Å². The smallest absolute Gasteiger partial charge is 0.0394 e. The Kier molecular flexibility index (Phi) is 8.32. The first-order chi connectivity index (χ1) is 6.65. The Morgan fingerprint density at radius 1 is 0.786 bits per heavy atom. The molecule has 0 aromatic rings. The summed E-state index contributed by atoms with van der Waals surface area (Å²) in [6, 6.07) is 0. The molecule has 0 fully saturated rings. The maximum absolute atomic E-state index is 2.44. The van der Waals surface area contributed by atoms with E-state index in [0.29, 0.717) is 0 Å². The molecule has 0 heteroatoms. The highest BCUT2D eigenvalue weighted by Gasteiger charge is 2.14. The summed E-state index contributed by atoms with van der Waals surface area (Å²) in [5, 5.41) is 0. The third-order valence-electron chi connectivity index (χ3n) is 3.75. The van der Waals surface area contributed by atoms with Gasteiger partial charge in [0.05, 0.1) is 0 Å². The Morgan fingerprint density at radius 2 is 1.36 bits per heavy atom. The zero-order valence-electron chi connectivity index (χ0n) is 11.0. The highest BCUT2D eigenvalue weighted by Crippen LogP contribution is 2.26. The molecule has 2 atom stereocenters. The van der Waals surface area contributed by atoms with Crippen LogP contribution >= 0.6 is 0 Å². The number of rotatable bonds is 8. The molecule has 0 rings (SSSR count). The molecule has 0 heterocycles. The monoisotopic (exact) mass is 198 g/mol. The van der Waals surface area contributed by atoms with Crippen LogP contribution in [0.3, 0.4) is 0 Å². The average molecular weight is 198 g/mol. The van der Waals surface area contributed by atoms with Gasteiger partial charge in [0, 0.05) is 0 Å². The molecule has 0 radical (unpaired) electrons. The molecule has 14 heavy (non-hydrogen) atoms. The van der Waals surface area contributed by atoms with Crippen LogP contribution in [0, 0.1) is 17.8 Å². The van der Waals surface area contributed by atoms with Crippen molar-refractivity contribution in [3.8, 4) is 0 Å². The Bertz CT molecular complexity index is 113. The molecule has 0 aliphatic carbocycles. The van der Waals surface area contributed by atoms with Gasteiger partial charge in [0.25, 0.3) is 0 Å². The van der Waals surface area contributed by atoms with E-state index in [-0.39, 0.29) is 0 Å². The normalized spacial score (nSPS) is 15.9. The molecule has 0 N–H and O–H groups in total. The molecule has 0 aromatic carbocycles. The minimum Gasteiger partial charge on any atom is -0.0654 e. The van der Waals surface area contributed by atoms with E-state index >= 15 is 0 Å². The minimum atomic E-state index is 0.935. The van der Waals surface area contributed by atoms with Crippen LogP contribution in [0.1, 0.15) is 73.1 Å². The molecule has 0 spiro atoms. The summed E-state index contributed by atoms with van der Waals surface area (Å²) < 4.78 is 0. The van der Waals surface area contributed by atoms with Crippen LogP contribution in [0.4, 0.5) is 0 Å². The van der Waals surface area contributed by atoms with Crippen LogP contribution in [0.25, 0.3) is 0 Å². The first-order valence-corrected chi connectivity index (χ1v) is 6.65. The van der Waals surface area contributed by atoms with Crippen molar-refractivity contribution < 1.29 is 0 Å². The molecule has 2 unspecified atom stereocenters. The summed E-state index contributed by atoms with van der Waals surface area (Å²) in [5.41, 5.74) is 0. The summed E-state index contributed by atoms with van der Waals surface area (Å²) in [6.45, 7) is 11.8. The van der Waals surface area contributed by atoms with E-state index in [9.17, 15) is 0 Å². The molecule has 0 bridgehead atoms. The van der Waals surface area contributed by atoms with Gasteiger partial charge in [-0.1, -0.05) is 73.1 Å². The molecular weight excluding hydrogens is 168 g/mol. The first kappa shape index (κ1) is 14.0. The molecule has 0 aromatic heterocycles. The summed E-state index contributed by atoms with van der Waals surface area (Å²) in [4.78, 5) is 0. The second-order valence-electron chi connectivity index (χ2n) is 5.03. The van der Waals surface area contributed by atoms with Gasteiger partial charge in [0.15, 0.2) is 0 Å². The maximum Gasteiger partial charge on any atom is -0.0394 e. The molecule has 0 nitrogen and oxygen atoms in total. The Hall–Kier alpha value is 0. The van der Waals surface area contributed by atoms with Crippen LogP contribution in [0.2, 0.25) is 0 Å². The fourth-order valence-corrected chi connectivity index (χ4v) is 2.51. The Morgan fingerprint density at radius 3 is 1.79 bits per heavy atom. The largest absolute Gasteiger partial charge is 0.0654 e. The van der Waals surface area contributed by atoms with Crippen LogP contribution in [-0.4, -0.2) is 0 Å². The van der Waals surface area contributed by atoms with E-state index in [1.807, 2.05) is 0 Å². The van der Waals surface area contributed by atoms with Gasteiger partial charge in [0.1, 0.15) is 0 Å². The average Bonchev–Trinajstić information content (AvgIpc) is 2.17. The van der Waals surface area contributed by atoms with E-state index in [2.05, 4.69) is 34.6 Å². The second-order valence-corrected chi connectivity index (χ2v) is 5.03. The summed E-state index contributed by atoms with van der Waals surface area (Å²) in [5.74, 6) is 2.84. The molecule has 0 saturated carbocycles. The highest BCUT2D eigenvalue weighted by atomic mass is 14.2. The lowest BCUT2D eigenvalue weighted by molar-refractivity contribution is 0.292. The van der Waals surface area contributed by atoms with E-state index in [1.165, 1.54) is 38.5 Å². The molecule has 0 saturated heterocycles. The van der Waals surface area contributed by atoms with Gasteiger partial charge in [-0.25, -0.2) is 0 Å². The van der Waals surface area contributed by atoms with Crippen molar-refractivity contribution >= 4 is 0 Å². The Balaban J connectivity index is 3.65. The molecule has 86 valence electrons. The van der Waals surface area contributed by atoms with Crippen LogP contribution < -0.4 is 0 Å². The fraction of sp³-hybridized carbons (Fsp3) is 1.00. The van der Waals surface area contributed by atoms with E-state index in [4.69, 9.17) is 0 Å². The lowest BCUT2D eigenvalue weighted by Gasteiger charge is -2.22. The highest BCUT2D eigenvalue weighted by molar-refractivity contribution is 4.65. The molecular formula is C14H30. The van der Waals surface area contributed by atoms with Crippen LogP contribution in [0.5, 0.6) is 0 Å². The van der Waals surface area contributed by atoms with Crippen molar-refractivity contribution in [2.45, 2.75) is 73.1 Å². The SMILES string of the molecule is CCCC(C)CCC(C)C(CC)CC. The van der Waals surface area contributed by atoms with Gasteiger partial charge in [-0.15, -0.1) is 0 Å². The second kappa shape index (κ2) is 8.32. The van der Waals surface area contributed by atoms with Gasteiger partial charge >= 0.3 is 0 Å². The standard InChI is InChI=1S/C14H30/c1-6-9-12(4)10-11-13(5)14(7-2)8-3/h12-14H,6-11H2,1-5H3. The van der Waals surface area contributed by atoms with Crippen LogP contribution in [-0.2, 0) is 0 Å².